The van der Waals surface area contributed by atoms with Crippen LogP contribution in [0.5, 0.6) is 0 Å². The third-order valence-electron chi connectivity index (χ3n) is 4.15. The molecule has 1 aliphatic rings. The lowest BCUT2D eigenvalue weighted by atomic mass is 10.1. The molecule has 144 valence electrons. The number of hydrogen-bond donors (Lipinski definition) is 1. The predicted molar refractivity (Wildman–Crippen MR) is 98.4 cm³/mol. The van der Waals surface area contributed by atoms with Crippen molar-refractivity contribution in [1.29, 1.82) is 0 Å². The fourth-order valence-electron chi connectivity index (χ4n) is 2.77. The number of carbonyl (C=O) groups excluding carboxylic acids is 2. The summed E-state index contributed by atoms with van der Waals surface area (Å²) in [6.07, 6.45) is 0.735. The van der Waals surface area contributed by atoms with Gasteiger partial charge in [0.2, 0.25) is 0 Å². The van der Waals surface area contributed by atoms with Gasteiger partial charge in [-0.25, -0.2) is 14.6 Å². The van der Waals surface area contributed by atoms with E-state index in [-0.39, 0.29) is 18.7 Å². The minimum Gasteiger partial charge on any atom is -0.445 e. The molecule has 2 rings (SSSR count). The van der Waals surface area contributed by atoms with E-state index in [4.69, 9.17) is 9.47 Å². The first-order valence-electron chi connectivity index (χ1n) is 8.93. The summed E-state index contributed by atoms with van der Waals surface area (Å²) in [6.45, 7) is 7.06. The second-order valence-corrected chi connectivity index (χ2v) is 7.48. The molecular formula is C19H29N3O4. The fourth-order valence-corrected chi connectivity index (χ4v) is 2.77. The molecule has 1 aliphatic heterocycles. The molecule has 0 atom stereocenters. The molecule has 1 N–H and O–H groups in total. The van der Waals surface area contributed by atoms with E-state index in [1.54, 1.807) is 11.9 Å². The third-order valence-corrected chi connectivity index (χ3v) is 4.15. The number of nitrogens with zero attached hydrogens (tertiary/aromatic N) is 2. The number of hydrazine groups is 1. The first-order chi connectivity index (χ1) is 12.2. The fraction of sp³-hybridized carbons (Fsp3) is 0.579. The molecule has 1 heterocycles. The Kier molecular flexibility index (Phi) is 6.85. The Morgan fingerprint density at radius 3 is 2.38 bits per heavy atom. The topological polar surface area (TPSA) is 71.1 Å². The maximum absolute atomic E-state index is 12.2. The van der Waals surface area contributed by atoms with Crippen molar-refractivity contribution in [3.8, 4) is 0 Å². The molecule has 0 saturated carbocycles. The molecule has 1 aromatic rings. The lowest BCUT2D eigenvalue weighted by molar-refractivity contribution is 0.0215. The number of rotatable bonds is 4. The van der Waals surface area contributed by atoms with E-state index in [1.807, 2.05) is 56.1 Å². The first kappa shape index (κ1) is 20.0. The Balaban J connectivity index is 1.72. The average Bonchev–Trinajstić information content (AvgIpc) is 2.59. The predicted octanol–water partition coefficient (Wildman–Crippen LogP) is 3.16. The van der Waals surface area contributed by atoms with Crippen LogP contribution in [0.3, 0.4) is 0 Å². The van der Waals surface area contributed by atoms with Gasteiger partial charge >= 0.3 is 12.2 Å². The smallest absolute Gasteiger partial charge is 0.422 e. The van der Waals surface area contributed by atoms with Gasteiger partial charge in [-0.05, 0) is 39.2 Å². The van der Waals surface area contributed by atoms with Crippen LogP contribution in [0.2, 0.25) is 0 Å². The van der Waals surface area contributed by atoms with Crippen molar-refractivity contribution >= 4 is 12.2 Å². The lowest BCUT2D eigenvalue weighted by Crippen LogP contribution is -2.52. The average molecular weight is 363 g/mol. The van der Waals surface area contributed by atoms with Gasteiger partial charge in [-0.1, -0.05) is 30.3 Å². The number of nitrogens with one attached hydrogen (secondary N) is 1. The van der Waals surface area contributed by atoms with Crippen molar-refractivity contribution < 1.29 is 19.1 Å². The van der Waals surface area contributed by atoms with E-state index >= 15 is 0 Å². The number of carbonyl (C=O) groups is 2. The summed E-state index contributed by atoms with van der Waals surface area (Å²) >= 11 is 0. The van der Waals surface area contributed by atoms with Gasteiger partial charge in [0, 0.05) is 26.2 Å². The summed E-state index contributed by atoms with van der Waals surface area (Å²) in [5.41, 5.74) is 3.19. The summed E-state index contributed by atoms with van der Waals surface area (Å²) < 4.78 is 10.6. The third kappa shape index (κ3) is 6.55. The Morgan fingerprint density at radius 1 is 1.19 bits per heavy atom. The van der Waals surface area contributed by atoms with Gasteiger partial charge in [-0.3, -0.25) is 5.43 Å². The van der Waals surface area contributed by atoms with Crippen molar-refractivity contribution in [2.75, 3.05) is 20.1 Å². The Morgan fingerprint density at radius 2 is 1.81 bits per heavy atom. The number of amides is 2. The molecule has 1 fully saturated rings. The van der Waals surface area contributed by atoms with Gasteiger partial charge in [0.25, 0.3) is 0 Å². The highest BCUT2D eigenvalue weighted by Crippen LogP contribution is 2.16. The second-order valence-electron chi connectivity index (χ2n) is 7.48. The van der Waals surface area contributed by atoms with Crippen LogP contribution in [0, 0.1) is 0 Å². The zero-order chi connectivity index (χ0) is 19.2. The van der Waals surface area contributed by atoms with Gasteiger partial charge in [0.05, 0.1) is 0 Å². The Bertz CT molecular complexity index is 593. The molecule has 7 nitrogen and oxygen atoms in total. The monoisotopic (exact) mass is 363 g/mol. The van der Waals surface area contributed by atoms with E-state index in [9.17, 15) is 9.59 Å². The SMILES string of the molecule is CN(C(=O)OCc1ccccc1)C1CCN(NC(=O)OC(C)(C)C)CC1. The maximum atomic E-state index is 12.2. The quantitative estimate of drug-likeness (QED) is 0.890. The van der Waals surface area contributed by atoms with E-state index < -0.39 is 11.7 Å². The molecule has 0 unspecified atom stereocenters. The molecule has 0 radical (unpaired) electrons. The molecule has 7 heteroatoms. The van der Waals surface area contributed by atoms with Gasteiger partial charge < -0.3 is 14.4 Å². The molecule has 0 bridgehead atoms. The standard InChI is InChI=1S/C19H29N3O4/c1-19(2,3)26-17(23)20-22-12-10-16(11-13-22)21(4)18(24)25-14-15-8-6-5-7-9-15/h5-9,16H,10-14H2,1-4H3,(H,20,23). The highest BCUT2D eigenvalue weighted by Gasteiger charge is 2.27. The molecule has 0 spiro atoms. The van der Waals surface area contributed by atoms with E-state index in [0.29, 0.717) is 13.1 Å². The van der Waals surface area contributed by atoms with Gasteiger partial charge in [-0.15, -0.1) is 0 Å². The zero-order valence-corrected chi connectivity index (χ0v) is 16.0. The normalized spacial score (nSPS) is 16.0. The minimum absolute atomic E-state index is 0.0926. The summed E-state index contributed by atoms with van der Waals surface area (Å²) in [5, 5.41) is 1.83. The van der Waals surface area contributed by atoms with Crippen molar-refractivity contribution in [2.24, 2.45) is 0 Å². The van der Waals surface area contributed by atoms with Gasteiger partial charge in [-0.2, -0.15) is 0 Å². The number of ether oxygens (including phenoxy) is 2. The molecule has 26 heavy (non-hydrogen) atoms. The first-order valence-corrected chi connectivity index (χ1v) is 8.93. The van der Waals surface area contributed by atoms with Crippen molar-refractivity contribution in [1.82, 2.24) is 15.3 Å². The number of piperidine rings is 1. The molecule has 2 amide bonds. The van der Waals surface area contributed by atoms with Crippen LogP contribution in [0.15, 0.2) is 30.3 Å². The van der Waals surface area contributed by atoms with Crippen molar-refractivity contribution in [3.63, 3.8) is 0 Å². The molecule has 0 aliphatic carbocycles. The van der Waals surface area contributed by atoms with E-state index in [1.165, 1.54) is 0 Å². The number of benzene rings is 1. The van der Waals surface area contributed by atoms with Crippen LogP contribution >= 0.6 is 0 Å². The zero-order valence-electron chi connectivity index (χ0n) is 16.0. The van der Waals surface area contributed by atoms with Crippen LogP contribution < -0.4 is 5.43 Å². The van der Waals surface area contributed by atoms with E-state index in [2.05, 4.69) is 5.43 Å². The van der Waals surface area contributed by atoms with Crippen LogP contribution in [-0.4, -0.2) is 53.9 Å². The highest BCUT2D eigenvalue weighted by atomic mass is 16.6. The summed E-state index contributed by atoms with van der Waals surface area (Å²) in [6, 6.07) is 9.70. The lowest BCUT2D eigenvalue weighted by Gasteiger charge is -2.36. The van der Waals surface area contributed by atoms with E-state index in [0.717, 1.165) is 18.4 Å². The summed E-state index contributed by atoms with van der Waals surface area (Å²) in [7, 11) is 1.76. The summed E-state index contributed by atoms with van der Waals surface area (Å²) in [4.78, 5) is 25.7. The van der Waals surface area contributed by atoms with Crippen LogP contribution in [0.1, 0.15) is 39.2 Å². The molecular weight excluding hydrogens is 334 g/mol. The van der Waals surface area contributed by atoms with Crippen molar-refractivity contribution in [2.45, 2.75) is 51.9 Å². The Hall–Kier alpha value is -2.28. The molecule has 1 saturated heterocycles. The maximum Gasteiger partial charge on any atom is 0.422 e. The number of hydrogen-bond acceptors (Lipinski definition) is 5. The van der Waals surface area contributed by atoms with Crippen LogP contribution in [0.4, 0.5) is 9.59 Å². The van der Waals surface area contributed by atoms with Crippen molar-refractivity contribution in [3.05, 3.63) is 35.9 Å². The molecule has 1 aromatic carbocycles. The second kappa shape index (κ2) is 8.89. The van der Waals surface area contributed by atoms with Crippen LogP contribution in [-0.2, 0) is 16.1 Å². The minimum atomic E-state index is -0.523. The van der Waals surface area contributed by atoms with Crippen LogP contribution in [0.25, 0.3) is 0 Å². The van der Waals surface area contributed by atoms with Gasteiger partial charge in [0.15, 0.2) is 0 Å². The summed E-state index contributed by atoms with van der Waals surface area (Å²) in [5.74, 6) is 0. The molecule has 0 aromatic heterocycles. The Labute approximate surface area is 155 Å². The highest BCUT2D eigenvalue weighted by molar-refractivity contribution is 5.68. The largest absolute Gasteiger partial charge is 0.445 e. The van der Waals surface area contributed by atoms with Gasteiger partial charge in [0.1, 0.15) is 12.2 Å².